The Morgan fingerprint density at radius 3 is 2.81 bits per heavy atom. The Balaban J connectivity index is 2.20. The molecule has 0 fully saturated rings. The van der Waals surface area contributed by atoms with Crippen molar-refractivity contribution in [2.24, 2.45) is 5.73 Å². The Morgan fingerprint density at radius 1 is 1.38 bits per heavy atom. The van der Waals surface area contributed by atoms with Crippen LogP contribution < -0.4 is 5.73 Å². The van der Waals surface area contributed by atoms with E-state index in [0.29, 0.717) is 30.0 Å². The molecule has 0 aliphatic heterocycles. The quantitative estimate of drug-likeness (QED) is 0.829. The number of ether oxygens (including phenoxy) is 1. The van der Waals surface area contributed by atoms with E-state index in [-0.39, 0.29) is 0 Å². The third-order valence-electron chi connectivity index (χ3n) is 2.98. The highest BCUT2D eigenvalue weighted by molar-refractivity contribution is 6.30. The predicted octanol–water partition coefficient (Wildman–Crippen LogP) is 3.30. The molecule has 1 aromatic carbocycles. The van der Waals surface area contributed by atoms with Crippen molar-refractivity contribution in [1.82, 2.24) is 10.1 Å². The average Bonchev–Trinajstić information content (AvgIpc) is 2.88. The second-order valence-corrected chi connectivity index (χ2v) is 5.85. The van der Waals surface area contributed by atoms with Gasteiger partial charge in [-0.2, -0.15) is 4.98 Å². The lowest BCUT2D eigenvalue weighted by Crippen LogP contribution is -2.39. The SMILES string of the molecule is CCCOCC(C)(N)c1noc(-c2cc(C)cc(Cl)c2)n1. The molecule has 0 saturated carbocycles. The van der Waals surface area contributed by atoms with Crippen molar-refractivity contribution in [1.29, 1.82) is 0 Å². The Bertz CT molecular complexity index is 590. The summed E-state index contributed by atoms with van der Waals surface area (Å²) < 4.78 is 10.8. The van der Waals surface area contributed by atoms with Crippen molar-refractivity contribution in [2.75, 3.05) is 13.2 Å². The molecule has 114 valence electrons. The number of nitrogens with zero attached hydrogens (tertiary/aromatic N) is 2. The number of halogens is 1. The first kappa shape index (κ1) is 15.9. The molecule has 5 nitrogen and oxygen atoms in total. The van der Waals surface area contributed by atoms with Crippen LogP contribution in [0, 0.1) is 6.92 Å². The molecule has 2 N–H and O–H groups in total. The van der Waals surface area contributed by atoms with E-state index < -0.39 is 5.54 Å². The lowest BCUT2D eigenvalue weighted by atomic mass is 10.1. The largest absolute Gasteiger partial charge is 0.379 e. The van der Waals surface area contributed by atoms with Crippen molar-refractivity contribution < 1.29 is 9.26 Å². The maximum Gasteiger partial charge on any atom is 0.258 e. The first-order valence-electron chi connectivity index (χ1n) is 6.91. The van der Waals surface area contributed by atoms with E-state index in [1.807, 2.05) is 32.9 Å². The van der Waals surface area contributed by atoms with Gasteiger partial charge in [-0.05, 0) is 44.0 Å². The number of hydrogen-bond acceptors (Lipinski definition) is 5. The summed E-state index contributed by atoms with van der Waals surface area (Å²) in [7, 11) is 0. The Kier molecular flexibility index (Phi) is 4.98. The van der Waals surface area contributed by atoms with Gasteiger partial charge in [0.05, 0.1) is 6.61 Å². The van der Waals surface area contributed by atoms with E-state index >= 15 is 0 Å². The molecule has 2 rings (SSSR count). The number of nitrogens with two attached hydrogens (primary N) is 1. The zero-order valence-electron chi connectivity index (χ0n) is 12.5. The number of rotatable bonds is 6. The van der Waals surface area contributed by atoms with Crippen LogP contribution in [0.2, 0.25) is 5.02 Å². The minimum Gasteiger partial charge on any atom is -0.379 e. The fourth-order valence-corrected chi connectivity index (χ4v) is 2.22. The van der Waals surface area contributed by atoms with Crippen LogP contribution in [0.25, 0.3) is 11.5 Å². The van der Waals surface area contributed by atoms with Crippen LogP contribution in [-0.4, -0.2) is 23.4 Å². The van der Waals surface area contributed by atoms with Crippen LogP contribution in [0.4, 0.5) is 0 Å². The fraction of sp³-hybridized carbons (Fsp3) is 0.467. The van der Waals surface area contributed by atoms with Gasteiger partial charge < -0.3 is 15.0 Å². The molecule has 1 unspecified atom stereocenters. The summed E-state index contributed by atoms with van der Waals surface area (Å²) in [6.45, 7) is 6.82. The van der Waals surface area contributed by atoms with Crippen LogP contribution >= 0.6 is 11.6 Å². The normalized spacial score (nSPS) is 14.1. The predicted molar refractivity (Wildman–Crippen MR) is 82.1 cm³/mol. The van der Waals surface area contributed by atoms with Crippen molar-refractivity contribution in [3.63, 3.8) is 0 Å². The van der Waals surface area contributed by atoms with Crippen molar-refractivity contribution in [2.45, 2.75) is 32.7 Å². The van der Waals surface area contributed by atoms with Crippen molar-refractivity contribution in [3.05, 3.63) is 34.6 Å². The summed E-state index contributed by atoms with van der Waals surface area (Å²) in [5, 5.41) is 4.60. The highest BCUT2D eigenvalue weighted by Gasteiger charge is 2.28. The van der Waals surface area contributed by atoms with E-state index in [1.165, 1.54) is 0 Å². The molecule has 0 spiro atoms. The zero-order chi connectivity index (χ0) is 15.5. The molecule has 1 atom stereocenters. The Morgan fingerprint density at radius 2 is 2.14 bits per heavy atom. The van der Waals surface area contributed by atoms with Gasteiger partial charge in [0.2, 0.25) is 0 Å². The maximum absolute atomic E-state index is 6.19. The molecule has 1 heterocycles. The molecular weight excluding hydrogens is 290 g/mol. The van der Waals surface area contributed by atoms with Crippen molar-refractivity contribution in [3.8, 4) is 11.5 Å². The van der Waals surface area contributed by atoms with Crippen LogP contribution in [-0.2, 0) is 10.3 Å². The lowest BCUT2D eigenvalue weighted by Gasteiger charge is -2.19. The van der Waals surface area contributed by atoms with Crippen LogP contribution in [0.3, 0.4) is 0 Å². The van der Waals surface area contributed by atoms with Crippen LogP contribution in [0.15, 0.2) is 22.7 Å². The molecule has 0 aliphatic rings. The van der Waals surface area contributed by atoms with Gasteiger partial charge in [-0.3, -0.25) is 0 Å². The first-order valence-corrected chi connectivity index (χ1v) is 7.28. The summed E-state index contributed by atoms with van der Waals surface area (Å²) in [5.41, 5.74) is 7.22. The Hall–Kier alpha value is -1.43. The van der Waals surface area contributed by atoms with E-state index in [9.17, 15) is 0 Å². The number of benzene rings is 1. The highest BCUT2D eigenvalue weighted by Crippen LogP contribution is 2.25. The molecule has 2 aromatic rings. The second kappa shape index (κ2) is 6.56. The summed E-state index contributed by atoms with van der Waals surface area (Å²) in [6.07, 6.45) is 0.940. The average molecular weight is 310 g/mol. The third kappa shape index (κ3) is 4.03. The van der Waals surface area contributed by atoms with Gasteiger partial charge in [0.1, 0.15) is 5.54 Å². The summed E-state index contributed by atoms with van der Waals surface area (Å²) in [4.78, 5) is 4.37. The van der Waals surface area contributed by atoms with Gasteiger partial charge in [0.25, 0.3) is 5.89 Å². The van der Waals surface area contributed by atoms with Gasteiger partial charge in [0.15, 0.2) is 5.82 Å². The van der Waals surface area contributed by atoms with Gasteiger partial charge in [0, 0.05) is 17.2 Å². The van der Waals surface area contributed by atoms with E-state index in [4.69, 9.17) is 26.6 Å². The Labute approximate surface area is 129 Å². The molecule has 0 amide bonds. The standard InChI is InChI=1S/C15H20ClN3O2/c1-4-5-20-9-15(3,17)14-18-13(21-19-14)11-6-10(2)7-12(16)8-11/h6-8H,4-5,9,17H2,1-3H3. The van der Waals surface area contributed by atoms with Crippen molar-refractivity contribution >= 4 is 11.6 Å². The number of aromatic nitrogens is 2. The van der Waals surface area contributed by atoms with Gasteiger partial charge in [-0.15, -0.1) is 0 Å². The number of hydrogen-bond donors (Lipinski definition) is 1. The van der Waals surface area contributed by atoms with Crippen LogP contribution in [0.1, 0.15) is 31.7 Å². The molecule has 0 bridgehead atoms. The minimum absolute atomic E-state index is 0.342. The summed E-state index contributed by atoms with van der Waals surface area (Å²) in [5.74, 6) is 0.828. The van der Waals surface area contributed by atoms with E-state index in [2.05, 4.69) is 10.1 Å². The zero-order valence-corrected chi connectivity index (χ0v) is 13.3. The second-order valence-electron chi connectivity index (χ2n) is 5.41. The smallest absolute Gasteiger partial charge is 0.258 e. The molecular formula is C15H20ClN3O2. The fourth-order valence-electron chi connectivity index (χ4n) is 1.93. The summed E-state index contributed by atoms with van der Waals surface area (Å²) in [6, 6.07) is 5.59. The minimum atomic E-state index is -0.787. The molecule has 0 saturated heterocycles. The molecule has 0 radical (unpaired) electrons. The molecule has 0 aliphatic carbocycles. The summed E-state index contributed by atoms with van der Waals surface area (Å²) >= 11 is 6.05. The van der Waals surface area contributed by atoms with Crippen LogP contribution in [0.5, 0.6) is 0 Å². The molecule has 1 aromatic heterocycles. The third-order valence-corrected chi connectivity index (χ3v) is 3.19. The van der Waals surface area contributed by atoms with E-state index in [1.54, 1.807) is 6.07 Å². The first-order chi connectivity index (χ1) is 9.92. The highest BCUT2D eigenvalue weighted by atomic mass is 35.5. The molecule has 6 heteroatoms. The monoisotopic (exact) mass is 309 g/mol. The maximum atomic E-state index is 6.19. The number of aryl methyl sites for hydroxylation is 1. The topological polar surface area (TPSA) is 74.2 Å². The molecule has 21 heavy (non-hydrogen) atoms. The van der Waals surface area contributed by atoms with Gasteiger partial charge in [-0.25, -0.2) is 0 Å². The van der Waals surface area contributed by atoms with Gasteiger partial charge >= 0.3 is 0 Å². The lowest BCUT2D eigenvalue weighted by molar-refractivity contribution is 0.0867. The van der Waals surface area contributed by atoms with Gasteiger partial charge in [-0.1, -0.05) is 23.7 Å². The van der Waals surface area contributed by atoms with E-state index in [0.717, 1.165) is 17.5 Å².